The molecule has 0 aromatic carbocycles. The van der Waals surface area contributed by atoms with Gasteiger partial charge in [-0.3, -0.25) is 9.78 Å². The number of amides is 1. The first-order valence-electron chi connectivity index (χ1n) is 7.24. The molecule has 110 valence electrons. The highest BCUT2D eigenvalue weighted by atomic mass is 16.5. The Balaban J connectivity index is 1.90. The molecule has 1 aliphatic heterocycles. The van der Waals surface area contributed by atoms with Crippen molar-refractivity contribution >= 4 is 5.91 Å². The summed E-state index contributed by atoms with van der Waals surface area (Å²) >= 11 is 0. The van der Waals surface area contributed by atoms with E-state index in [0.717, 1.165) is 18.7 Å². The molecule has 1 aliphatic rings. The average molecular weight is 277 g/mol. The van der Waals surface area contributed by atoms with Crippen LogP contribution in [0.2, 0.25) is 0 Å². The summed E-state index contributed by atoms with van der Waals surface area (Å²) in [6, 6.07) is 5.74. The van der Waals surface area contributed by atoms with E-state index in [4.69, 9.17) is 4.74 Å². The molecule has 20 heavy (non-hydrogen) atoms. The maximum absolute atomic E-state index is 12.3. The second-order valence-corrected chi connectivity index (χ2v) is 5.19. The van der Waals surface area contributed by atoms with Crippen molar-refractivity contribution in [2.45, 2.75) is 32.4 Å². The van der Waals surface area contributed by atoms with Crippen molar-refractivity contribution in [3.05, 3.63) is 30.1 Å². The van der Waals surface area contributed by atoms with Gasteiger partial charge in [0, 0.05) is 12.2 Å². The number of carbonyl (C=O) groups excluding carboxylic acids is 1. The maximum Gasteiger partial charge on any atom is 0.227 e. The van der Waals surface area contributed by atoms with Crippen LogP contribution in [-0.2, 0) is 9.53 Å². The van der Waals surface area contributed by atoms with E-state index in [9.17, 15) is 4.79 Å². The maximum atomic E-state index is 12.3. The van der Waals surface area contributed by atoms with Crippen molar-refractivity contribution in [2.75, 3.05) is 19.8 Å². The van der Waals surface area contributed by atoms with Crippen molar-refractivity contribution < 1.29 is 9.53 Å². The van der Waals surface area contributed by atoms with E-state index >= 15 is 0 Å². The first-order chi connectivity index (χ1) is 9.72. The topological polar surface area (TPSA) is 63.2 Å². The van der Waals surface area contributed by atoms with Crippen molar-refractivity contribution in [3.63, 3.8) is 0 Å². The molecule has 5 nitrogen and oxygen atoms in total. The predicted octanol–water partition coefficient (Wildman–Crippen LogP) is 1.27. The van der Waals surface area contributed by atoms with E-state index in [1.54, 1.807) is 6.20 Å². The number of hydrogen-bond acceptors (Lipinski definition) is 4. The quantitative estimate of drug-likeness (QED) is 0.822. The molecule has 1 aromatic heterocycles. The summed E-state index contributed by atoms with van der Waals surface area (Å²) in [6.45, 7) is 6.07. The third kappa shape index (κ3) is 3.77. The zero-order valence-electron chi connectivity index (χ0n) is 12.1. The van der Waals surface area contributed by atoms with Crippen LogP contribution in [0.25, 0.3) is 0 Å². The minimum Gasteiger partial charge on any atom is -0.379 e. The summed E-state index contributed by atoms with van der Waals surface area (Å²) in [5, 5.41) is 6.40. The lowest BCUT2D eigenvalue weighted by Crippen LogP contribution is -2.44. The lowest BCUT2D eigenvalue weighted by Gasteiger charge is -2.21. The summed E-state index contributed by atoms with van der Waals surface area (Å²) in [7, 11) is 0. The summed E-state index contributed by atoms with van der Waals surface area (Å²) in [6.07, 6.45) is 2.79. The van der Waals surface area contributed by atoms with Gasteiger partial charge in [0.05, 0.1) is 30.9 Å². The third-order valence-electron chi connectivity index (χ3n) is 3.56. The Morgan fingerprint density at radius 1 is 1.50 bits per heavy atom. The molecule has 1 saturated heterocycles. The van der Waals surface area contributed by atoms with E-state index in [2.05, 4.69) is 22.5 Å². The fraction of sp³-hybridized carbons (Fsp3) is 0.600. The van der Waals surface area contributed by atoms with E-state index in [0.29, 0.717) is 13.2 Å². The number of hydrogen-bond donors (Lipinski definition) is 2. The summed E-state index contributed by atoms with van der Waals surface area (Å²) in [4.78, 5) is 16.6. The number of nitrogens with zero attached hydrogens (tertiary/aromatic N) is 1. The average Bonchev–Trinajstić information content (AvgIpc) is 2.94. The molecule has 0 spiro atoms. The first kappa shape index (κ1) is 14.9. The molecule has 0 radical (unpaired) electrons. The zero-order chi connectivity index (χ0) is 14.4. The number of carbonyl (C=O) groups is 1. The van der Waals surface area contributed by atoms with Crippen LogP contribution < -0.4 is 10.6 Å². The fourth-order valence-electron chi connectivity index (χ4n) is 2.37. The second-order valence-electron chi connectivity index (χ2n) is 5.19. The van der Waals surface area contributed by atoms with Gasteiger partial charge >= 0.3 is 0 Å². The highest BCUT2D eigenvalue weighted by Crippen LogP contribution is 2.16. The third-order valence-corrected chi connectivity index (χ3v) is 3.56. The minimum atomic E-state index is -0.118. The Labute approximate surface area is 120 Å². The Morgan fingerprint density at radius 2 is 2.35 bits per heavy atom. The van der Waals surface area contributed by atoms with Gasteiger partial charge < -0.3 is 15.4 Å². The van der Waals surface area contributed by atoms with Gasteiger partial charge in [0.2, 0.25) is 5.91 Å². The van der Waals surface area contributed by atoms with Crippen LogP contribution in [0.4, 0.5) is 0 Å². The summed E-state index contributed by atoms with van der Waals surface area (Å²) < 4.78 is 5.44. The van der Waals surface area contributed by atoms with Gasteiger partial charge in [-0.05, 0) is 32.0 Å². The molecule has 0 aliphatic carbocycles. The summed E-state index contributed by atoms with van der Waals surface area (Å²) in [5.74, 6) is -0.0815. The minimum absolute atomic E-state index is 0.0363. The van der Waals surface area contributed by atoms with Crippen molar-refractivity contribution in [3.8, 4) is 0 Å². The van der Waals surface area contributed by atoms with Crippen molar-refractivity contribution in [1.82, 2.24) is 15.6 Å². The van der Waals surface area contributed by atoms with Gasteiger partial charge in [-0.25, -0.2) is 0 Å². The van der Waals surface area contributed by atoms with Crippen LogP contribution in [-0.4, -0.2) is 36.7 Å². The van der Waals surface area contributed by atoms with Crippen molar-refractivity contribution in [2.24, 2.45) is 5.92 Å². The first-order valence-corrected chi connectivity index (χ1v) is 7.24. The number of aromatic nitrogens is 1. The van der Waals surface area contributed by atoms with E-state index in [1.165, 1.54) is 0 Å². The largest absolute Gasteiger partial charge is 0.379 e. The van der Waals surface area contributed by atoms with Gasteiger partial charge in [0.15, 0.2) is 0 Å². The van der Waals surface area contributed by atoms with Crippen LogP contribution in [0.3, 0.4) is 0 Å². The lowest BCUT2D eigenvalue weighted by atomic mass is 10.0. The Kier molecular flexibility index (Phi) is 5.49. The molecule has 3 atom stereocenters. The van der Waals surface area contributed by atoms with E-state index in [1.807, 2.05) is 25.1 Å². The standard InChI is InChI=1S/C15H23N3O2/c1-3-7-16-14-10-20-9-12(14)15(19)18-11(2)13-6-4-5-8-17-13/h4-6,8,11-12,14,16H,3,7,9-10H2,1-2H3,(H,18,19)/t11-,12?,14?/m1/s1. The second kappa shape index (κ2) is 7.36. The Morgan fingerprint density at radius 3 is 3.05 bits per heavy atom. The molecule has 1 fully saturated rings. The molecule has 5 heteroatoms. The zero-order valence-corrected chi connectivity index (χ0v) is 12.1. The smallest absolute Gasteiger partial charge is 0.227 e. The van der Waals surface area contributed by atoms with Crippen LogP contribution in [0.15, 0.2) is 24.4 Å². The molecule has 2 N–H and O–H groups in total. The molecule has 1 aromatic rings. The van der Waals surface area contributed by atoms with Crippen molar-refractivity contribution in [1.29, 1.82) is 0 Å². The van der Waals surface area contributed by atoms with E-state index in [-0.39, 0.29) is 23.9 Å². The van der Waals surface area contributed by atoms with Crippen LogP contribution in [0.5, 0.6) is 0 Å². The number of rotatable bonds is 6. The predicted molar refractivity (Wildman–Crippen MR) is 77.2 cm³/mol. The monoisotopic (exact) mass is 277 g/mol. The molecule has 2 heterocycles. The highest BCUT2D eigenvalue weighted by molar-refractivity contribution is 5.80. The SMILES string of the molecule is CCCNC1COCC1C(=O)N[C@H](C)c1ccccn1. The van der Waals surface area contributed by atoms with Gasteiger partial charge in [-0.15, -0.1) is 0 Å². The van der Waals surface area contributed by atoms with Gasteiger partial charge in [0.1, 0.15) is 0 Å². The van der Waals surface area contributed by atoms with Gasteiger partial charge in [-0.2, -0.15) is 0 Å². The molecule has 0 saturated carbocycles. The van der Waals surface area contributed by atoms with Crippen LogP contribution >= 0.6 is 0 Å². The Bertz CT molecular complexity index is 424. The van der Waals surface area contributed by atoms with E-state index < -0.39 is 0 Å². The highest BCUT2D eigenvalue weighted by Gasteiger charge is 2.34. The molecular weight excluding hydrogens is 254 g/mol. The molecular formula is C15H23N3O2. The summed E-state index contributed by atoms with van der Waals surface area (Å²) in [5.41, 5.74) is 0.873. The number of nitrogens with one attached hydrogen (secondary N) is 2. The Hall–Kier alpha value is -1.46. The van der Waals surface area contributed by atoms with Gasteiger partial charge in [0.25, 0.3) is 0 Å². The van der Waals surface area contributed by atoms with Gasteiger partial charge in [-0.1, -0.05) is 13.0 Å². The molecule has 2 unspecified atom stereocenters. The molecule has 0 bridgehead atoms. The molecule has 1 amide bonds. The van der Waals surface area contributed by atoms with Crippen LogP contribution in [0, 0.1) is 5.92 Å². The fourth-order valence-corrected chi connectivity index (χ4v) is 2.37. The number of pyridine rings is 1. The normalized spacial score (nSPS) is 23.5. The molecule has 2 rings (SSSR count). The van der Waals surface area contributed by atoms with Crippen LogP contribution in [0.1, 0.15) is 32.0 Å². The number of ether oxygens (including phenoxy) is 1. The lowest BCUT2D eigenvalue weighted by molar-refractivity contribution is -0.126.